The number of piperidine rings is 1. The van der Waals surface area contributed by atoms with Crippen LogP contribution in [0.1, 0.15) is 18.4 Å². The molecule has 0 amide bonds. The molecular weight excluding hydrogens is 280 g/mol. The Bertz CT molecular complexity index is 538. The van der Waals surface area contributed by atoms with E-state index in [1.54, 1.807) is 0 Å². The second-order valence-corrected chi connectivity index (χ2v) is 4.69. The number of hydrogen-bond donors (Lipinski definition) is 1. The zero-order valence-corrected chi connectivity index (χ0v) is 10.3. The standard InChI is InChI=1S/C12H12F4N2O2/c13-7-11(12(15,16)4-1-5-17-11)9-6-8(18(19)20)2-3-10(9)14/h2-3,6,17H,1,4-5,7H2/t11-/m1/s1. The number of nitrogens with zero attached hydrogens (tertiary/aromatic N) is 1. The average Bonchev–Trinajstić information content (AvgIpc) is 2.39. The Hall–Kier alpha value is -1.70. The predicted octanol–water partition coefficient (Wildman–Crippen LogP) is 2.92. The minimum Gasteiger partial charge on any atom is -0.300 e. The minimum atomic E-state index is -3.53. The molecule has 0 radical (unpaired) electrons. The molecule has 8 heteroatoms. The molecule has 1 atom stereocenters. The lowest BCUT2D eigenvalue weighted by atomic mass is 9.79. The Labute approximate surface area is 111 Å². The van der Waals surface area contributed by atoms with Crippen molar-refractivity contribution in [3.05, 3.63) is 39.7 Å². The predicted molar refractivity (Wildman–Crippen MR) is 62.9 cm³/mol. The zero-order chi connectivity index (χ0) is 15.0. The summed E-state index contributed by atoms with van der Waals surface area (Å²) in [6, 6.07) is 2.23. The maximum absolute atomic E-state index is 14.1. The molecule has 1 heterocycles. The summed E-state index contributed by atoms with van der Waals surface area (Å²) in [5, 5.41) is 13.0. The van der Waals surface area contributed by atoms with E-state index in [-0.39, 0.29) is 13.0 Å². The lowest BCUT2D eigenvalue weighted by molar-refractivity contribution is -0.385. The molecule has 0 aliphatic carbocycles. The van der Waals surface area contributed by atoms with E-state index in [1.807, 2.05) is 0 Å². The third kappa shape index (κ3) is 2.13. The third-order valence-corrected chi connectivity index (χ3v) is 3.54. The monoisotopic (exact) mass is 292 g/mol. The van der Waals surface area contributed by atoms with Crippen LogP contribution in [0.3, 0.4) is 0 Å². The molecule has 4 nitrogen and oxygen atoms in total. The average molecular weight is 292 g/mol. The van der Waals surface area contributed by atoms with Crippen LogP contribution < -0.4 is 5.32 Å². The van der Waals surface area contributed by atoms with Crippen molar-refractivity contribution in [3.8, 4) is 0 Å². The fourth-order valence-electron chi connectivity index (χ4n) is 2.42. The van der Waals surface area contributed by atoms with Gasteiger partial charge in [-0.2, -0.15) is 0 Å². The molecule has 1 aromatic carbocycles. The largest absolute Gasteiger partial charge is 0.300 e. The summed E-state index contributed by atoms with van der Waals surface area (Å²) in [6.07, 6.45) is -0.489. The number of nitro benzene ring substituents is 1. The second kappa shape index (κ2) is 5.01. The number of halogens is 4. The van der Waals surface area contributed by atoms with Crippen LogP contribution in [0.15, 0.2) is 18.2 Å². The molecule has 1 aromatic rings. The van der Waals surface area contributed by atoms with Crippen LogP contribution in [0.25, 0.3) is 0 Å². The smallest absolute Gasteiger partial charge is 0.272 e. The number of alkyl halides is 3. The number of non-ortho nitro benzene ring substituents is 1. The van der Waals surface area contributed by atoms with Crippen LogP contribution in [0, 0.1) is 15.9 Å². The molecule has 20 heavy (non-hydrogen) atoms. The fraction of sp³-hybridized carbons (Fsp3) is 0.500. The summed E-state index contributed by atoms with van der Waals surface area (Å²) < 4.78 is 55.3. The number of nitrogens with one attached hydrogen (secondary N) is 1. The molecule has 1 saturated heterocycles. The Morgan fingerprint density at radius 3 is 2.65 bits per heavy atom. The highest BCUT2D eigenvalue weighted by Gasteiger charge is 2.57. The van der Waals surface area contributed by atoms with Gasteiger partial charge >= 0.3 is 0 Å². The van der Waals surface area contributed by atoms with Crippen LogP contribution in [-0.2, 0) is 5.54 Å². The van der Waals surface area contributed by atoms with Gasteiger partial charge in [-0.25, -0.2) is 17.6 Å². The van der Waals surface area contributed by atoms with Gasteiger partial charge in [0.05, 0.1) is 4.92 Å². The van der Waals surface area contributed by atoms with Gasteiger partial charge in [0.2, 0.25) is 0 Å². The van der Waals surface area contributed by atoms with Gasteiger partial charge in [-0.3, -0.25) is 10.1 Å². The quantitative estimate of drug-likeness (QED) is 0.529. The lowest BCUT2D eigenvalue weighted by Gasteiger charge is -2.43. The van der Waals surface area contributed by atoms with Crippen molar-refractivity contribution < 1.29 is 22.5 Å². The number of nitro groups is 1. The van der Waals surface area contributed by atoms with E-state index in [1.165, 1.54) is 0 Å². The van der Waals surface area contributed by atoms with Crippen molar-refractivity contribution in [2.75, 3.05) is 13.2 Å². The summed E-state index contributed by atoms with van der Waals surface area (Å²) in [5.41, 5.74) is -3.82. The Balaban J connectivity index is 2.61. The Kier molecular flexibility index (Phi) is 3.68. The van der Waals surface area contributed by atoms with Crippen LogP contribution in [0.5, 0.6) is 0 Å². The van der Waals surface area contributed by atoms with Gasteiger partial charge in [-0.15, -0.1) is 0 Å². The van der Waals surface area contributed by atoms with E-state index in [0.717, 1.165) is 6.07 Å². The van der Waals surface area contributed by atoms with Crippen LogP contribution in [-0.4, -0.2) is 24.1 Å². The van der Waals surface area contributed by atoms with Crippen molar-refractivity contribution in [2.24, 2.45) is 0 Å². The van der Waals surface area contributed by atoms with Gasteiger partial charge in [0.15, 0.2) is 0 Å². The number of rotatable bonds is 3. The maximum Gasteiger partial charge on any atom is 0.272 e. The molecular formula is C12H12F4N2O2. The minimum absolute atomic E-state index is 0.0850. The van der Waals surface area contributed by atoms with Crippen molar-refractivity contribution in [1.29, 1.82) is 0 Å². The highest BCUT2D eigenvalue weighted by atomic mass is 19.3. The Morgan fingerprint density at radius 2 is 2.10 bits per heavy atom. The van der Waals surface area contributed by atoms with Crippen molar-refractivity contribution in [2.45, 2.75) is 24.3 Å². The van der Waals surface area contributed by atoms with Gasteiger partial charge in [-0.05, 0) is 19.0 Å². The van der Waals surface area contributed by atoms with E-state index < -0.39 is 46.5 Å². The van der Waals surface area contributed by atoms with E-state index >= 15 is 0 Å². The molecule has 2 rings (SSSR count). The molecule has 1 fully saturated rings. The van der Waals surface area contributed by atoms with Gasteiger partial charge in [0.1, 0.15) is 18.0 Å². The number of hydrogen-bond acceptors (Lipinski definition) is 3. The van der Waals surface area contributed by atoms with Gasteiger partial charge in [0, 0.05) is 24.1 Å². The summed E-state index contributed by atoms with van der Waals surface area (Å²) in [4.78, 5) is 9.85. The summed E-state index contributed by atoms with van der Waals surface area (Å²) in [6.45, 7) is -1.47. The van der Waals surface area contributed by atoms with Crippen molar-refractivity contribution in [1.82, 2.24) is 5.32 Å². The highest BCUT2D eigenvalue weighted by Crippen LogP contribution is 2.45. The van der Waals surface area contributed by atoms with Gasteiger partial charge < -0.3 is 5.32 Å². The highest BCUT2D eigenvalue weighted by molar-refractivity contribution is 5.41. The van der Waals surface area contributed by atoms with Crippen molar-refractivity contribution in [3.63, 3.8) is 0 Å². The molecule has 1 aliphatic heterocycles. The summed E-state index contributed by atoms with van der Waals surface area (Å²) in [5.74, 6) is -4.63. The van der Waals surface area contributed by atoms with E-state index in [0.29, 0.717) is 12.1 Å². The first-order chi connectivity index (χ1) is 9.34. The first-order valence-corrected chi connectivity index (χ1v) is 5.97. The van der Waals surface area contributed by atoms with Gasteiger partial charge in [0.25, 0.3) is 11.6 Å². The second-order valence-electron chi connectivity index (χ2n) is 4.69. The summed E-state index contributed by atoms with van der Waals surface area (Å²) in [7, 11) is 0. The topological polar surface area (TPSA) is 55.2 Å². The fourth-order valence-corrected chi connectivity index (χ4v) is 2.42. The van der Waals surface area contributed by atoms with E-state index in [2.05, 4.69) is 5.32 Å². The van der Waals surface area contributed by atoms with Gasteiger partial charge in [-0.1, -0.05) is 0 Å². The normalized spacial score (nSPS) is 25.4. The molecule has 0 unspecified atom stereocenters. The molecule has 0 saturated carbocycles. The molecule has 110 valence electrons. The van der Waals surface area contributed by atoms with Crippen molar-refractivity contribution >= 4 is 5.69 Å². The zero-order valence-electron chi connectivity index (χ0n) is 10.3. The first kappa shape index (κ1) is 14.7. The molecule has 1 N–H and O–H groups in total. The van der Waals surface area contributed by atoms with Crippen LogP contribution in [0.4, 0.5) is 23.2 Å². The van der Waals surface area contributed by atoms with Crippen LogP contribution in [0.2, 0.25) is 0 Å². The SMILES string of the molecule is O=[N+]([O-])c1ccc(F)c([C@@]2(CF)NCCCC2(F)F)c1. The lowest BCUT2D eigenvalue weighted by Crippen LogP contribution is -2.61. The van der Waals surface area contributed by atoms with E-state index in [4.69, 9.17) is 0 Å². The molecule has 0 spiro atoms. The maximum atomic E-state index is 14.1. The molecule has 0 aromatic heterocycles. The third-order valence-electron chi connectivity index (χ3n) is 3.54. The first-order valence-electron chi connectivity index (χ1n) is 5.97. The molecule has 1 aliphatic rings. The molecule has 0 bridgehead atoms. The van der Waals surface area contributed by atoms with E-state index in [9.17, 15) is 27.7 Å². The Morgan fingerprint density at radius 1 is 1.40 bits per heavy atom. The number of benzene rings is 1. The van der Waals surface area contributed by atoms with Crippen LogP contribution >= 0.6 is 0 Å². The summed E-state index contributed by atoms with van der Waals surface area (Å²) >= 11 is 0.